The van der Waals surface area contributed by atoms with Gasteiger partial charge in [0.25, 0.3) is 0 Å². The molecular formula is C16H22O4. The molecule has 1 aromatic carbocycles. The Labute approximate surface area is 119 Å². The minimum absolute atomic E-state index is 0.0217. The third kappa shape index (κ3) is 4.68. The first-order valence-corrected chi connectivity index (χ1v) is 7.00. The summed E-state index contributed by atoms with van der Waals surface area (Å²) in [5.41, 5.74) is 1.66. The van der Waals surface area contributed by atoms with Gasteiger partial charge in [0.15, 0.2) is 5.78 Å². The van der Waals surface area contributed by atoms with Gasteiger partial charge in [-0.15, -0.1) is 0 Å². The van der Waals surface area contributed by atoms with Crippen molar-refractivity contribution in [3.05, 3.63) is 29.3 Å². The molecular weight excluding hydrogens is 256 g/mol. The molecule has 1 aliphatic heterocycles. The number of ether oxygens (including phenoxy) is 1. The number of carboxylic acid groups (broad SMARTS) is 1. The summed E-state index contributed by atoms with van der Waals surface area (Å²) in [6, 6.07) is 5.29. The second-order valence-electron chi connectivity index (χ2n) is 4.96. The number of carbonyl (C=O) groups excluding carboxylic acids is 1. The Morgan fingerprint density at radius 2 is 2.00 bits per heavy atom. The number of rotatable bonds is 3. The first-order valence-electron chi connectivity index (χ1n) is 7.00. The van der Waals surface area contributed by atoms with E-state index in [9.17, 15) is 9.59 Å². The summed E-state index contributed by atoms with van der Waals surface area (Å²) < 4.78 is 5.59. The van der Waals surface area contributed by atoms with Gasteiger partial charge in [0.05, 0.1) is 6.42 Å². The standard InChI is InChI=1S/C13H14O4.C3H8/c1-8(14)9-3-5-12-10(6-9)2-4-11(17-12)7-13(15)16;1-3-2/h3,5-6,11H,2,4,7H2,1H3,(H,15,16);3H2,1-2H3. The number of fused-ring (bicyclic) bond motifs is 1. The van der Waals surface area contributed by atoms with Crippen LogP contribution in [-0.2, 0) is 11.2 Å². The van der Waals surface area contributed by atoms with Crippen LogP contribution in [-0.4, -0.2) is 23.0 Å². The smallest absolute Gasteiger partial charge is 0.307 e. The van der Waals surface area contributed by atoms with E-state index < -0.39 is 5.97 Å². The number of aliphatic carboxylic acids is 1. The van der Waals surface area contributed by atoms with Gasteiger partial charge in [-0.05, 0) is 43.5 Å². The Balaban J connectivity index is 0.000000612. The summed E-state index contributed by atoms with van der Waals surface area (Å²) >= 11 is 0. The molecule has 110 valence electrons. The molecule has 0 spiro atoms. The second-order valence-corrected chi connectivity index (χ2v) is 4.96. The van der Waals surface area contributed by atoms with Crippen molar-refractivity contribution in [1.82, 2.24) is 0 Å². The van der Waals surface area contributed by atoms with Crippen LogP contribution in [0.2, 0.25) is 0 Å². The third-order valence-electron chi connectivity index (χ3n) is 2.90. The molecule has 1 aromatic rings. The minimum atomic E-state index is -0.848. The second kappa shape index (κ2) is 7.68. The van der Waals surface area contributed by atoms with Crippen LogP contribution >= 0.6 is 0 Å². The van der Waals surface area contributed by atoms with Gasteiger partial charge < -0.3 is 9.84 Å². The van der Waals surface area contributed by atoms with Gasteiger partial charge in [0.2, 0.25) is 0 Å². The zero-order valence-corrected chi connectivity index (χ0v) is 12.3. The average Bonchev–Trinajstić information content (AvgIpc) is 2.38. The number of carboxylic acids is 1. The van der Waals surface area contributed by atoms with Crippen molar-refractivity contribution < 1.29 is 19.4 Å². The predicted octanol–water partition coefficient (Wildman–Crippen LogP) is 3.47. The van der Waals surface area contributed by atoms with E-state index in [0.717, 1.165) is 12.0 Å². The summed E-state index contributed by atoms with van der Waals surface area (Å²) in [5.74, 6) is -0.119. The van der Waals surface area contributed by atoms with Crippen molar-refractivity contribution in [2.45, 2.75) is 52.6 Å². The van der Waals surface area contributed by atoms with E-state index in [0.29, 0.717) is 17.7 Å². The molecule has 1 heterocycles. The maximum Gasteiger partial charge on any atom is 0.307 e. The summed E-state index contributed by atoms with van der Waals surface area (Å²) in [4.78, 5) is 21.8. The van der Waals surface area contributed by atoms with Crippen molar-refractivity contribution >= 4 is 11.8 Å². The fourth-order valence-corrected chi connectivity index (χ4v) is 2.00. The fraction of sp³-hybridized carbons (Fsp3) is 0.500. The topological polar surface area (TPSA) is 63.6 Å². The Morgan fingerprint density at radius 3 is 2.55 bits per heavy atom. The van der Waals surface area contributed by atoms with Crippen molar-refractivity contribution in [2.75, 3.05) is 0 Å². The molecule has 0 amide bonds. The summed E-state index contributed by atoms with van der Waals surface area (Å²) in [5, 5.41) is 8.71. The maximum absolute atomic E-state index is 11.2. The van der Waals surface area contributed by atoms with Crippen molar-refractivity contribution in [1.29, 1.82) is 0 Å². The van der Waals surface area contributed by atoms with E-state index in [1.54, 1.807) is 12.1 Å². The summed E-state index contributed by atoms with van der Waals surface area (Å²) in [6.07, 6.45) is 2.45. The van der Waals surface area contributed by atoms with Crippen molar-refractivity contribution in [3.8, 4) is 5.75 Å². The number of benzene rings is 1. The van der Waals surface area contributed by atoms with Crippen LogP contribution in [0.3, 0.4) is 0 Å². The zero-order valence-electron chi connectivity index (χ0n) is 12.3. The maximum atomic E-state index is 11.2. The van der Waals surface area contributed by atoms with Crippen LogP contribution in [0.25, 0.3) is 0 Å². The molecule has 4 nitrogen and oxygen atoms in total. The lowest BCUT2D eigenvalue weighted by molar-refractivity contribution is -0.139. The van der Waals surface area contributed by atoms with Crippen LogP contribution in [0.5, 0.6) is 5.75 Å². The molecule has 1 atom stereocenters. The lowest BCUT2D eigenvalue weighted by Crippen LogP contribution is -2.25. The van der Waals surface area contributed by atoms with E-state index in [4.69, 9.17) is 9.84 Å². The van der Waals surface area contributed by atoms with Crippen LogP contribution < -0.4 is 4.74 Å². The molecule has 1 N–H and O–H groups in total. The van der Waals surface area contributed by atoms with Crippen molar-refractivity contribution in [3.63, 3.8) is 0 Å². The Morgan fingerprint density at radius 1 is 1.35 bits per heavy atom. The Kier molecular flexibility index (Phi) is 6.22. The van der Waals surface area contributed by atoms with Crippen LogP contribution in [0.15, 0.2) is 18.2 Å². The fourth-order valence-electron chi connectivity index (χ4n) is 2.00. The van der Waals surface area contributed by atoms with Crippen LogP contribution in [0.4, 0.5) is 0 Å². The van der Waals surface area contributed by atoms with E-state index in [2.05, 4.69) is 13.8 Å². The number of aryl methyl sites for hydroxylation is 1. The van der Waals surface area contributed by atoms with Gasteiger partial charge in [-0.25, -0.2) is 0 Å². The average molecular weight is 278 g/mol. The zero-order chi connectivity index (χ0) is 15.1. The van der Waals surface area contributed by atoms with Gasteiger partial charge in [-0.3, -0.25) is 9.59 Å². The first kappa shape index (κ1) is 16.2. The van der Waals surface area contributed by atoms with Gasteiger partial charge in [0.1, 0.15) is 11.9 Å². The Bertz CT molecular complexity index is 479. The largest absolute Gasteiger partial charge is 0.490 e. The van der Waals surface area contributed by atoms with E-state index >= 15 is 0 Å². The normalized spacial score (nSPS) is 16.2. The molecule has 0 aromatic heterocycles. The Hall–Kier alpha value is -1.84. The van der Waals surface area contributed by atoms with E-state index in [1.165, 1.54) is 13.3 Å². The first-order chi connectivity index (χ1) is 9.47. The minimum Gasteiger partial charge on any atom is -0.490 e. The van der Waals surface area contributed by atoms with Crippen LogP contribution in [0, 0.1) is 0 Å². The highest BCUT2D eigenvalue weighted by Gasteiger charge is 2.22. The van der Waals surface area contributed by atoms with Crippen molar-refractivity contribution in [2.24, 2.45) is 0 Å². The quantitative estimate of drug-likeness (QED) is 0.860. The van der Waals surface area contributed by atoms with Gasteiger partial charge in [-0.2, -0.15) is 0 Å². The number of hydrogen-bond donors (Lipinski definition) is 1. The number of hydrogen-bond acceptors (Lipinski definition) is 3. The molecule has 1 aliphatic rings. The van der Waals surface area contributed by atoms with Gasteiger partial charge >= 0.3 is 5.97 Å². The van der Waals surface area contributed by atoms with E-state index in [-0.39, 0.29) is 18.3 Å². The predicted molar refractivity (Wildman–Crippen MR) is 77.4 cm³/mol. The molecule has 2 rings (SSSR count). The number of Topliss-reactive ketones (excluding diaryl/α,β-unsaturated/α-hetero) is 1. The monoisotopic (exact) mass is 278 g/mol. The molecule has 4 heteroatoms. The SMILES string of the molecule is CC(=O)c1ccc2c(c1)CCC(CC(=O)O)O2.CCC. The third-order valence-corrected chi connectivity index (χ3v) is 2.90. The highest BCUT2D eigenvalue weighted by atomic mass is 16.5. The molecule has 0 aliphatic carbocycles. The van der Waals surface area contributed by atoms with Gasteiger partial charge in [0, 0.05) is 5.56 Å². The summed E-state index contributed by atoms with van der Waals surface area (Å²) in [7, 11) is 0. The number of ketones is 1. The number of carbonyl (C=O) groups is 2. The lowest BCUT2D eigenvalue weighted by Gasteiger charge is -2.25. The van der Waals surface area contributed by atoms with Gasteiger partial charge in [-0.1, -0.05) is 20.3 Å². The molecule has 0 saturated heterocycles. The highest BCUT2D eigenvalue weighted by Crippen LogP contribution is 2.29. The summed E-state index contributed by atoms with van der Waals surface area (Å²) in [6.45, 7) is 5.78. The molecule has 0 radical (unpaired) electrons. The van der Waals surface area contributed by atoms with Crippen LogP contribution in [0.1, 0.15) is 56.0 Å². The molecule has 0 bridgehead atoms. The molecule has 0 fully saturated rings. The highest BCUT2D eigenvalue weighted by molar-refractivity contribution is 5.94. The van der Waals surface area contributed by atoms with E-state index in [1.807, 2.05) is 6.07 Å². The molecule has 1 unspecified atom stereocenters. The molecule has 0 saturated carbocycles. The molecule has 20 heavy (non-hydrogen) atoms. The lowest BCUT2D eigenvalue weighted by atomic mass is 9.98.